The molecule has 0 saturated carbocycles. The molecule has 3 heteroatoms. The molecule has 3 nitrogen and oxygen atoms in total. The summed E-state index contributed by atoms with van der Waals surface area (Å²) in [5, 5.41) is 10.1. The number of aliphatic hydroxyl groups is 1. The standard InChI is InChI=1S/C21H32O3/c1-5-6-7-8-9-13-19(22)16(2)11-10-12-17(3)21-18(4)14-15-20(23)24-21/h5-9,13-19,21-22H,10-12H2,1-4H3/b6-5+,8-7-,13-9-/t16-,17+,18+,19+,21+/m1/s1. The zero-order chi connectivity index (χ0) is 17.9. The average Bonchev–Trinajstić information content (AvgIpc) is 2.56. The molecule has 1 rings (SSSR count). The topological polar surface area (TPSA) is 46.5 Å². The van der Waals surface area contributed by atoms with Crippen molar-refractivity contribution in [1.29, 1.82) is 0 Å². The van der Waals surface area contributed by atoms with E-state index in [0.29, 0.717) is 5.92 Å². The summed E-state index contributed by atoms with van der Waals surface area (Å²) in [5.74, 6) is 0.588. The second kappa shape index (κ2) is 11.0. The number of cyclic esters (lactones) is 1. The van der Waals surface area contributed by atoms with Gasteiger partial charge in [0.25, 0.3) is 0 Å². The molecular weight excluding hydrogens is 300 g/mol. The summed E-state index contributed by atoms with van der Waals surface area (Å²) < 4.78 is 5.45. The monoisotopic (exact) mass is 332 g/mol. The van der Waals surface area contributed by atoms with Crippen LogP contribution >= 0.6 is 0 Å². The first kappa shape index (κ1) is 20.4. The van der Waals surface area contributed by atoms with Crippen molar-refractivity contribution in [2.24, 2.45) is 17.8 Å². The maximum absolute atomic E-state index is 11.4. The van der Waals surface area contributed by atoms with Crippen LogP contribution in [0.3, 0.4) is 0 Å². The lowest BCUT2D eigenvalue weighted by Crippen LogP contribution is -2.33. The molecular formula is C21H32O3. The van der Waals surface area contributed by atoms with E-state index in [9.17, 15) is 9.90 Å². The van der Waals surface area contributed by atoms with Crippen LogP contribution in [0, 0.1) is 17.8 Å². The quantitative estimate of drug-likeness (QED) is 0.496. The fourth-order valence-corrected chi connectivity index (χ4v) is 2.96. The molecule has 1 heterocycles. The Bertz CT molecular complexity index is 487. The van der Waals surface area contributed by atoms with Crippen molar-refractivity contribution in [3.63, 3.8) is 0 Å². The SMILES string of the molecule is C/C=C/C=C\C=C/[C@H](O)[C@H](C)CCC[C@H](C)[C@@H]1OC(=O)C=C[C@@H]1C. The summed E-state index contributed by atoms with van der Waals surface area (Å²) in [6, 6.07) is 0. The third-order valence-corrected chi connectivity index (χ3v) is 4.60. The van der Waals surface area contributed by atoms with Crippen LogP contribution in [0.2, 0.25) is 0 Å². The number of hydrogen-bond acceptors (Lipinski definition) is 3. The Morgan fingerprint density at radius 3 is 2.62 bits per heavy atom. The zero-order valence-corrected chi connectivity index (χ0v) is 15.4. The van der Waals surface area contributed by atoms with Crippen molar-refractivity contribution in [1.82, 2.24) is 0 Å². The van der Waals surface area contributed by atoms with Crippen LogP contribution in [-0.4, -0.2) is 23.3 Å². The van der Waals surface area contributed by atoms with Crippen molar-refractivity contribution in [3.8, 4) is 0 Å². The zero-order valence-electron chi connectivity index (χ0n) is 15.4. The normalized spacial score (nSPS) is 25.5. The highest BCUT2D eigenvalue weighted by Gasteiger charge is 2.28. The Balaban J connectivity index is 2.32. The number of carbonyl (C=O) groups is 1. The van der Waals surface area contributed by atoms with Gasteiger partial charge in [0.1, 0.15) is 6.10 Å². The minimum Gasteiger partial charge on any atom is -0.458 e. The lowest BCUT2D eigenvalue weighted by atomic mass is 9.86. The number of hydrogen-bond donors (Lipinski definition) is 1. The molecule has 0 aliphatic carbocycles. The molecule has 5 atom stereocenters. The van der Waals surface area contributed by atoms with Crippen LogP contribution < -0.4 is 0 Å². The van der Waals surface area contributed by atoms with Crippen molar-refractivity contribution < 1.29 is 14.6 Å². The van der Waals surface area contributed by atoms with Gasteiger partial charge in [-0.3, -0.25) is 0 Å². The van der Waals surface area contributed by atoms with Gasteiger partial charge in [-0.05, 0) is 31.6 Å². The van der Waals surface area contributed by atoms with Crippen LogP contribution in [0.4, 0.5) is 0 Å². The van der Waals surface area contributed by atoms with Crippen molar-refractivity contribution >= 4 is 5.97 Å². The van der Waals surface area contributed by atoms with Crippen molar-refractivity contribution in [2.75, 3.05) is 0 Å². The van der Waals surface area contributed by atoms with Gasteiger partial charge in [0.15, 0.2) is 0 Å². The predicted molar refractivity (Wildman–Crippen MR) is 99.5 cm³/mol. The number of esters is 1. The van der Waals surface area contributed by atoms with Gasteiger partial charge in [-0.2, -0.15) is 0 Å². The molecule has 0 aromatic heterocycles. The van der Waals surface area contributed by atoms with Crippen molar-refractivity contribution in [2.45, 2.75) is 59.2 Å². The Morgan fingerprint density at radius 1 is 1.21 bits per heavy atom. The first-order valence-electron chi connectivity index (χ1n) is 8.98. The van der Waals surface area contributed by atoms with Gasteiger partial charge >= 0.3 is 5.97 Å². The number of carbonyl (C=O) groups excluding carboxylic acids is 1. The highest BCUT2D eigenvalue weighted by Crippen LogP contribution is 2.26. The second-order valence-corrected chi connectivity index (χ2v) is 6.79. The molecule has 1 aliphatic heterocycles. The minimum absolute atomic E-state index is 0.0283. The molecule has 1 N–H and O–H groups in total. The van der Waals surface area contributed by atoms with E-state index in [4.69, 9.17) is 4.74 Å². The average molecular weight is 332 g/mol. The summed E-state index contributed by atoms with van der Waals surface area (Å²) in [4.78, 5) is 11.4. The van der Waals surface area contributed by atoms with Crippen LogP contribution in [0.5, 0.6) is 0 Å². The fraction of sp³-hybridized carbons (Fsp3) is 0.571. The molecule has 0 saturated heterocycles. The van der Waals surface area contributed by atoms with E-state index in [1.54, 1.807) is 0 Å². The Kier molecular flexibility index (Phi) is 9.39. The minimum atomic E-state index is -0.426. The molecule has 0 unspecified atom stereocenters. The molecule has 0 fully saturated rings. The maximum atomic E-state index is 11.4. The third kappa shape index (κ3) is 7.31. The van der Waals surface area contributed by atoms with E-state index in [0.717, 1.165) is 19.3 Å². The largest absolute Gasteiger partial charge is 0.458 e. The molecule has 0 bridgehead atoms. The lowest BCUT2D eigenvalue weighted by Gasteiger charge is -2.30. The third-order valence-electron chi connectivity index (χ3n) is 4.60. The van der Waals surface area contributed by atoms with Crippen LogP contribution in [-0.2, 0) is 9.53 Å². The van der Waals surface area contributed by atoms with Gasteiger partial charge < -0.3 is 9.84 Å². The van der Waals surface area contributed by atoms with E-state index >= 15 is 0 Å². The molecule has 24 heavy (non-hydrogen) atoms. The summed E-state index contributed by atoms with van der Waals surface area (Å²) in [5.41, 5.74) is 0. The van der Waals surface area contributed by atoms with Gasteiger partial charge in [-0.25, -0.2) is 4.79 Å². The van der Waals surface area contributed by atoms with Gasteiger partial charge in [0.2, 0.25) is 0 Å². The van der Waals surface area contributed by atoms with Gasteiger partial charge in [-0.15, -0.1) is 0 Å². The molecule has 134 valence electrons. The lowest BCUT2D eigenvalue weighted by molar-refractivity contribution is -0.149. The smallest absolute Gasteiger partial charge is 0.330 e. The van der Waals surface area contributed by atoms with Gasteiger partial charge in [-0.1, -0.05) is 69.7 Å². The Hall–Kier alpha value is -1.61. The van der Waals surface area contributed by atoms with Crippen molar-refractivity contribution in [3.05, 3.63) is 48.6 Å². The highest BCUT2D eigenvalue weighted by atomic mass is 16.5. The summed E-state index contributed by atoms with van der Waals surface area (Å²) in [7, 11) is 0. The number of ether oxygens (including phenoxy) is 1. The molecule has 0 aromatic rings. The fourth-order valence-electron chi connectivity index (χ4n) is 2.96. The first-order valence-corrected chi connectivity index (χ1v) is 8.98. The number of aliphatic hydroxyl groups excluding tert-OH is 1. The molecule has 0 aromatic carbocycles. The molecule has 1 aliphatic rings. The second-order valence-electron chi connectivity index (χ2n) is 6.79. The summed E-state index contributed by atoms with van der Waals surface area (Å²) in [6.07, 6.45) is 17.5. The van der Waals surface area contributed by atoms with Crippen LogP contribution in [0.1, 0.15) is 47.0 Å². The maximum Gasteiger partial charge on any atom is 0.330 e. The van der Waals surface area contributed by atoms with E-state index in [1.807, 2.05) is 49.5 Å². The molecule has 0 radical (unpaired) electrons. The van der Waals surface area contributed by atoms with Gasteiger partial charge in [0.05, 0.1) is 6.10 Å². The van der Waals surface area contributed by atoms with Crippen LogP contribution in [0.25, 0.3) is 0 Å². The summed E-state index contributed by atoms with van der Waals surface area (Å²) >= 11 is 0. The molecule has 0 amide bonds. The van der Waals surface area contributed by atoms with E-state index in [2.05, 4.69) is 20.8 Å². The predicted octanol–water partition coefficient (Wildman–Crippen LogP) is 4.60. The highest BCUT2D eigenvalue weighted by molar-refractivity contribution is 5.82. The molecule has 0 spiro atoms. The van der Waals surface area contributed by atoms with E-state index in [-0.39, 0.29) is 23.9 Å². The van der Waals surface area contributed by atoms with E-state index < -0.39 is 6.10 Å². The first-order chi connectivity index (χ1) is 11.5. The van der Waals surface area contributed by atoms with Crippen LogP contribution in [0.15, 0.2) is 48.6 Å². The summed E-state index contributed by atoms with van der Waals surface area (Å²) in [6.45, 7) is 8.27. The Morgan fingerprint density at radius 2 is 1.92 bits per heavy atom. The number of rotatable bonds is 9. The van der Waals surface area contributed by atoms with Gasteiger partial charge in [0, 0.05) is 12.0 Å². The van der Waals surface area contributed by atoms with E-state index in [1.165, 1.54) is 6.08 Å². The number of allylic oxidation sites excluding steroid dienone is 5. The Labute approximate surface area is 146 Å².